The van der Waals surface area contributed by atoms with Crippen molar-refractivity contribution in [2.45, 2.75) is 6.92 Å². The average Bonchev–Trinajstić information content (AvgIpc) is 2.79. The van der Waals surface area contributed by atoms with Gasteiger partial charge in [-0.25, -0.2) is 9.97 Å². The summed E-state index contributed by atoms with van der Waals surface area (Å²) in [5.74, 6) is 0.338. The molecule has 0 aliphatic carbocycles. The van der Waals surface area contributed by atoms with Gasteiger partial charge in [0, 0.05) is 26.8 Å². The number of aryl methyl sites for hydroxylation is 1. The van der Waals surface area contributed by atoms with Gasteiger partial charge in [0.05, 0.1) is 24.9 Å². The van der Waals surface area contributed by atoms with Crippen molar-refractivity contribution in [1.82, 2.24) is 14.5 Å². The zero-order valence-corrected chi connectivity index (χ0v) is 11.6. The Labute approximate surface area is 112 Å². The SMILES string of the molecule is COC(=O)C(C)CN(C)c1nccc2c1ncn2C. The van der Waals surface area contributed by atoms with Crippen LogP contribution in [0.3, 0.4) is 0 Å². The van der Waals surface area contributed by atoms with E-state index in [1.165, 1.54) is 7.11 Å². The van der Waals surface area contributed by atoms with E-state index in [-0.39, 0.29) is 11.9 Å². The van der Waals surface area contributed by atoms with Crippen molar-refractivity contribution in [3.8, 4) is 0 Å². The van der Waals surface area contributed by atoms with Crippen LogP contribution in [0.25, 0.3) is 11.0 Å². The number of rotatable bonds is 4. The number of methoxy groups -OCH3 is 1. The molecule has 102 valence electrons. The molecule has 6 nitrogen and oxygen atoms in total. The number of nitrogens with zero attached hydrogens (tertiary/aromatic N) is 4. The van der Waals surface area contributed by atoms with Crippen LogP contribution in [0.15, 0.2) is 18.6 Å². The molecule has 0 saturated carbocycles. The number of fused-ring (bicyclic) bond motifs is 1. The molecule has 2 heterocycles. The smallest absolute Gasteiger partial charge is 0.310 e. The second kappa shape index (κ2) is 5.26. The van der Waals surface area contributed by atoms with Gasteiger partial charge in [0.2, 0.25) is 0 Å². The van der Waals surface area contributed by atoms with Crippen LogP contribution in [0.4, 0.5) is 5.82 Å². The van der Waals surface area contributed by atoms with Gasteiger partial charge in [-0.05, 0) is 6.07 Å². The summed E-state index contributed by atoms with van der Waals surface area (Å²) < 4.78 is 6.68. The maximum atomic E-state index is 11.5. The van der Waals surface area contributed by atoms with Crippen LogP contribution in [0.5, 0.6) is 0 Å². The van der Waals surface area contributed by atoms with Crippen molar-refractivity contribution >= 4 is 22.8 Å². The number of pyridine rings is 1. The van der Waals surface area contributed by atoms with E-state index in [1.54, 1.807) is 12.5 Å². The fourth-order valence-electron chi connectivity index (χ4n) is 2.10. The van der Waals surface area contributed by atoms with Crippen molar-refractivity contribution in [3.05, 3.63) is 18.6 Å². The largest absolute Gasteiger partial charge is 0.469 e. The van der Waals surface area contributed by atoms with Crippen molar-refractivity contribution < 1.29 is 9.53 Å². The first kappa shape index (κ1) is 13.3. The summed E-state index contributed by atoms with van der Waals surface area (Å²) in [5.41, 5.74) is 1.85. The molecule has 6 heteroatoms. The number of anilines is 1. The Hall–Kier alpha value is -2.11. The first-order valence-electron chi connectivity index (χ1n) is 6.09. The van der Waals surface area contributed by atoms with Gasteiger partial charge in [0.25, 0.3) is 0 Å². The lowest BCUT2D eigenvalue weighted by Gasteiger charge is -2.21. The van der Waals surface area contributed by atoms with Gasteiger partial charge >= 0.3 is 5.97 Å². The molecule has 0 aliphatic rings. The molecule has 1 atom stereocenters. The van der Waals surface area contributed by atoms with Crippen molar-refractivity contribution in [2.75, 3.05) is 25.6 Å². The Kier molecular flexibility index (Phi) is 3.69. The van der Waals surface area contributed by atoms with Crippen molar-refractivity contribution in [1.29, 1.82) is 0 Å². The number of ether oxygens (including phenoxy) is 1. The third-order valence-corrected chi connectivity index (χ3v) is 3.14. The van der Waals surface area contributed by atoms with E-state index in [0.717, 1.165) is 16.9 Å². The number of esters is 1. The normalized spacial score (nSPS) is 12.4. The third-order valence-electron chi connectivity index (χ3n) is 3.14. The maximum Gasteiger partial charge on any atom is 0.310 e. The molecule has 0 aromatic carbocycles. The zero-order valence-electron chi connectivity index (χ0n) is 11.6. The highest BCUT2D eigenvalue weighted by Gasteiger charge is 2.18. The molecule has 2 aromatic rings. The molecule has 2 aromatic heterocycles. The predicted octanol–water partition coefficient (Wildman–Crippen LogP) is 1.21. The number of imidazole rings is 1. The fourth-order valence-corrected chi connectivity index (χ4v) is 2.10. The molecule has 0 bridgehead atoms. The molecule has 0 fully saturated rings. The first-order valence-corrected chi connectivity index (χ1v) is 6.09. The van der Waals surface area contributed by atoms with Crippen LogP contribution in [0.2, 0.25) is 0 Å². The average molecular weight is 262 g/mol. The van der Waals surface area contributed by atoms with Gasteiger partial charge in [-0.2, -0.15) is 0 Å². The minimum Gasteiger partial charge on any atom is -0.469 e. The third kappa shape index (κ3) is 2.52. The maximum absolute atomic E-state index is 11.5. The molecule has 0 aliphatic heterocycles. The van der Waals surface area contributed by atoms with Crippen LogP contribution in [0.1, 0.15) is 6.92 Å². The summed E-state index contributed by atoms with van der Waals surface area (Å²) in [6.07, 6.45) is 3.51. The highest BCUT2D eigenvalue weighted by Crippen LogP contribution is 2.22. The second-order valence-electron chi connectivity index (χ2n) is 4.66. The van der Waals surface area contributed by atoms with E-state index in [4.69, 9.17) is 4.74 Å². The Bertz CT molecular complexity index is 593. The van der Waals surface area contributed by atoms with Gasteiger partial charge < -0.3 is 14.2 Å². The number of aromatic nitrogens is 3. The molecular formula is C13H18N4O2. The summed E-state index contributed by atoms with van der Waals surface area (Å²) >= 11 is 0. The lowest BCUT2D eigenvalue weighted by atomic mass is 10.1. The lowest BCUT2D eigenvalue weighted by molar-refractivity contribution is -0.144. The van der Waals surface area contributed by atoms with Crippen LogP contribution in [0, 0.1) is 5.92 Å². The van der Waals surface area contributed by atoms with E-state index in [2.05, 4.69) is 9.97 Å². The summed E-state index contributed by atoms with van der Waals surface area (Å²) in [5, 5.41) is 0. The molecule has 0 amide bonds. The molecule has 0 spiro atoms. The number of carbonyl (C=O) groups excluding carboxylic acids is 1. The van der Waals surface area contributed by atoms with Gasteiger partial charge in [0.15, 0.2) is 5.82 Å². The van der Waals surface area contributed by atoms with E-state index in [9.17, 15) is 4.79 Å². The Balaban J connectivity index is 2.26. The monoisotopic (exact) mass is 262 g/mol. The number of carbonyl (C=O) groups is 1. The predicted molar refractivity (Wildman–Crippen MR) is 73.0 cm³/mol. The second-order valence-corrected chi connectivity index (χ2v) is 4.66. The van der Waals surface area contributed by atoms with Gasteiger partial charge in [-0.1, -0.05) is 6.92 Å². The quantitative estimate of drug-likeness (QED) is 0.775. The van der Waals surface area contributed by atoms with Crippen molar-refractivity contribution in [2.24, 2.45) is 13.0 Å². The minimum atomic E-state index is -0.222. The summed E-state index contributed by atoms with van der Waals surface area (Å²) in [6.45, 7) is 2.37. The molecule has 0 N–H and O–H groups in total. The summed E-state index contributed by atoms with van der Waals surface area (Å²) in [6, 6.07) is 1.92. The molecule has 0 saturated heterocycles. The number of hydrogen-bond donors (Lipinski definition) is 0. The van der Waals surface area contributed by atoms with Gasteiger partial charge in [-0.15, -0.1) is 0 Å². The summed E-state index contributed by atoms with van der Waals surface area (Å²) in [4.78, 5) is 22.1. The Morgan fingerprint density at radius 1 is 1.53 bits per heavy atom. The van der Waals surface area contributed by atoms with Crippen molar-refractivity contribution in [3.63, 3.8) is 0 Å². The van der Waals surface area contributed by atoms with E-state index in [1.807, 2.05) is 36.6 Å². The van der Waals surface area contributed by atoms with Crippen LogP contribution in [-0.4, -0.2) is 41.2 Å². The Morgan fingerprint density at radius 3 is 2.95 bits per heavy atom. The lowest BCUT2D eigenvalue weighted by Crippen LogP contribution is -2.30. The highest BCUT2D eigenvalue weighted by atomic mass is 16.5. The number of hydrogen-bond acceptors (Lipinski definition) is 5. The fraction of sp³-hybridized carbons (Fsp3) is 0.462. The highest BCUT2D eigenvalue weighted by molar-refractivity contribution is 5.86. The van der Waals surface area contributed by atoms with E-state index >= 15 is 0 Å². The molecule has 0 radical (unpaired) electrons. The topological polar surface area (TPSA) is 60.2 Å². The van der Waals surface area contributed by atoms with Crippen LogP contribution in [-0.2, 0) is 16.6 Å². The van der Waals surface area contributed by atoms with E-state index in [0.29, 0.717) is 6.54 Å². The minimum absolute atomic E-state index is 0.212. The van der Waals surface area contributed by atoms with E-state index < -0.39 is 0 Å². The first-order chi connectivity index (χ1) is 9.04. The molecule has 19 heavy (non-hydrogen) atoms. The molecule has 2 rings (SSSR count). The van der Waals surface area contributed by atoms with Crippen LogP contribution < -0.4 is 4.90 Å². The summed E-state index contributed by atoms with van der Waals surface area (Å²) in [7, 11) is 5.24. The van der Waals surface area contributed by atoms with Gasteiger partial charge in [0.1, 0.15) is 5.52 Å². The molecule has 1 unspecified atom stereocenters. The van der Waals surface area contributed by atoms with Gasteiger partial charge in [-0.3, -0.25) is 4.79 Å². The zero-order chi connectivity index (χ0) is 14.0. The standard InChI is InChI=1S/C13H18N4O2/c1-9(13(18)19-4)7-16(2)12-11-10(5-6-14-12)17(3)8-15-11/h5-6,8-9H,7H2,1-4H3. The Morgan fingerprint density at radius 2 is 2.26 bits per heavy atom. The van der Waals surface area contributed by atoms with Crippen LogP contribution >= 0.6 is 0 Å². The molecular weight excluding hydrogens is 244 g/mol.